The van der Waals surface area contributed by atoms with Crippen LogP contribution in [0, 0.1) is 0 Å². The minimum atomic E-state index is -0.483. The van der Waals surface area contributed by atoms with Crippen LogP contribution in [0.2, 0.25) is 0 Å². The predicted octanol–water partition coefficient (Wildman–Crippen LogP) is 3.23. The smallest absolute Gasteiger partial charge is 0.363 e. The summed E-state index contributed by atoms with van der Waals surface area (Å²) in [5.74, 6) is 0.519. The average molecular weight is 345 g/mol. The fourth-order valence-electron chi connectivity index (χ4n) is 2.56. The number of ether oxygens (including phenoxy) is 2. The topological polar surface area (TPSA) is 65.7 Å². The fourth-order valence-corrected chi connectivity index (χ4v) is 2.56. The van der Waals surface area contributed by atoms with E-state index in [1.54, 1.807) is 48.3 Å². The molecular weight excluding hydrogens is 330 g/mol. The normalized spacial score (nSPS) is 15.0. The Hall–Kier alpha value is -3.67. The van der Waals surface area contributed by atoms with Gasteiger partial charge in [0.25, 0.3) is 0 Å². The molecule has 0 saturated carbocycles. The fraction of sp³-hybridized carbons (Fsp3) is 0.0500. The van der Waals surface area contributed by atoms with Gasteiger partial charge in [-0.2, -0.15) is 5.10 Å². The Labute approximate surface area is 150 Å². The summed E-state index contributed by atoms with van der Waals surface area (Å²) < 4.78 is 12.1. The summed E-state index contributed by atoms with van der Waals surface area (Å²) >= 11 is 0. The van der Waals surface area contributed by atoms with Gasteiger partial charge >= 0.3 is 5.97 Å². The van der Waals surface area contributed by atoms with Gasteiger partial charge in [-0.25, -0.2) is 14.5 Å². The third-order valence-electron chi connectivity index (χ3n) is 3.88. The Morgan fingerprint density at radius 1 is 1.08 bits per heavy atom. The number of nitrogens with zero attached hydrogens (tertiary/aromatic N) is 3. The summed E-state index contributed by atoms with van der Waals surface area (Å²) in [6, 6.07) is 16.9. The number of hydrogen-bond donors (Lipinski definition) is 0. The molecule has 0 fully saturated rings. The zero-order valence-corrected chi connectivity index (χ0v) is 14.0. The highest BCUT2D eigenvalue weighted by Gasteiger charge is 2.24. The van der Waals surface area contributed by atoms with Crippen molar-refractivity contribution >= 4 is 17.9 Å². The highest BCUT2D eigenvalue weighted by atomic mass is 16.6. The number of cyclic esters (lactones) is 1. The Bertz CT molecular complexity index is 1000. The Morgan fingerprint density at radius 3 is 2.58 bits per heavy atom. The number of methoxy groups -OCH3 is 1. The molecule has 6 nitrogen and oxygen atoms in total. The van der Waals surface area contributed by atoms with Crippen LogP contribution in [-0.2, 0) is 9.53 Å². The van der Waals surface area contributed by atoms with Gasteiger partial charge in [-0.15, -0.1) is 0 Å². The molecule has 0 bridgehead atoms. The van der Waals surface area contributed by atoms with Crippen LogP contribution in [0.4, 0.5) is 0 Å². The van der Waals surface area contributed by atoms with E-state index in [1.807, 2.05) is 36.5 Å². The molecule has 6 heteroatoms. The van der Waals surface area contributed by atoms with Crippen LogP contribution < -0.4 is 4.74 Å². The van der Waals surface area contributed by atoms with Gasteiger partial charge in [-0.05, 0) is 42.5 Å². The van der Waals surface area contributed by atoms with Crippen LogP contribution in [-0.4, -0.2) is 28.8 Å². The SMILES string of the molecule is COc1ccc(C2=N/C(=C\c3cnn(-c4ccccc4)c3)C(=O)O2)cc1. The molecule has 2 aromatic carbocycles. The van der Waals surface area contributed by atoms with E-state index in [0.29, 0.717) is 5.56 Å². The number of rotatable bonds is 4. The van der Waals surface area contributed by atoms with E-state index >= 15 is 0 Å². The Morgan fingerprint density at radius 2 is 1.85 bits per heavy atom. The summed E-state index contributed by atoms with van der Waals surface area (Å²) in [5.41, 5.74) is 2.65. The van der Waals surface area contributed by atoms with Gasteiger partial charge in [0.1, 0.15) is 5.75 Å². The molecular formula is C20H15N3O3. The number of benzene rings is 2. The summed E-state index contributed by atoms with van der Waals surface area (Å²) in [6.45, 7) is 0. The quantitative estimate of drug-likeness (QED) is 0.538. The standard InChI is InChI=1S/C20H15N3O3/c1-25-17-9-7-15(8-10-17)19-22-18(20(24)26-19)11-14-12-21-23(13-14)16-5-3-2-4-6-16/h2-13H,1H3/b18-11-. The Kier molecular flexibility index (Phi) is 4.07. The summed E-state index contributed by atoms with van der Waals surface area (Å²) in [4.78, 5) is 16.4. The molecule has 0 spiro atoms. The Balaban J connectivity index is 1.60. The summed E-state index contributed by atoms with van der Waals surface area (Å²) in [7, 11) is 1.60. The predicted molar refractivity (Wildman–Crippen MR) is 97.2 cm³/mol. The summed E-state index contributed by atoms with van der Waals surface area (Å²) in [6.07, 6.45) is 5.16. The average Bonchev–Trinajstić information content (AvgIpc) is 3.30. The molecule has 1 aliphatic heterocycles. The molecule has 0 saturated heterocycles. The van der Waals surface area contributed by atoms with Crippen LogP contribution in [0.5, 0.6) is 5.75 Å². The molecule has 0 atom stereocenters. The van der Waals surface area contributed by atoms with Gasteiger partial charge in [0.2, 0.25) is 5.90 Å². The van der Waals surface area contributed by atoms with Crippen LogP contribution >= 0.6 is 0 Å². The molecule has 128 valence electrons. The van der Waals surface area contributed by atoms with Crippen molar-refractivity contribution in [2.24, 2.45) is 4.99 Å². The van der Waals surface area contributed by atoms with Crippen molar-refractivity contribution in [3.05, 3.63) is 83.8 Å². The van der Waals surface area contributed by atoms with Crippen molar-refractivity contribution in [2.75, 3.05) is 7.11 Å². The lowest BCUT2D eigenvalue weighted by atomic mass is 10.2. The molecule has 1 aliphatic rings. The van der Waals surface area contributed by atoms with E-state index in [0.717, 1.165) is 17.0 Å². The number of para-hydroxylation sites is 1. The second-order valence-electron chi connectivity index (χ2n) is 5.62. The molecule has 3 aromatic rings. The van der Waals surface area contributed by atoms with Gasteiger partial charge in [0, 0.05) is 17.3 Å². The lowest BCUT2D eigenvalue weighted by molar-refractivity contribution is -0.129. The van der Waals surface area contributed by atoms with Gasteiger partial charge in [0.05, 0.1) is 19.0 Å². The number of carbonyl (C=O) groups excluding carboxylic acids is 1. The van der Waals surface area contributed by atoms with Gasteiger partial charge in [-0.3, -0.25) is 0 Å². The molecule has 0 unspecified atom stereocenters. The molecule has 0 radical (unpaired) electrons. The van der Waals surface area contributed by atoms with Gasteiger partial charge < -0.3 is 9.47 Å². The molecule has 4 rings (SSSR count). The maximum Gasteiger partial charge on any atom is 0.363 e. The first-order valence-corrected chi connectivity index (χ1v) is 8.00. The minimum absolute atomic E-state index is 0.239. The number of hydrogen-bond acceptors (Lipinski definition) is 5. The van der Waals surface area contributed by atoms with Crippen molar-refractivity contribution in [1.82, 2.24) is 9.78 Å². The van der Waals surface area contributed by atoms with Crippen molar-refractivity contribution in [3.63, 3.8) is 0 Å². The molecule has 0 N–H and O–H groups in total. The molecule has 0 amide bonds. The largest absolute Gasteiger partial charge is 0.497 e. The second kappa shape index (κ2) is 6.68. The molecule has 0 aliphatic carbocycles. The van der Waals surface area contributed by atoms with Crippen molar-refractivity contribution in [2.45, 2.75) is 0 Å². The first kappa shape index (κ1) is 15.8. The molecule has 1 aromatic heterocycles. The first-order chi connectivity index (χ1) is 12.7. The van der Waals surface area contributed by atoms with E-state index in [-0.39, 0.29) is 11.6 Å². The van der Waals surface area contributed by atoms with E-state index in [4.69, 9.17) is 9.47 Å². The van der Waals surface area contributed by atoms with Crippen molar-refractivity contribution in [3.8, 4) is 11.4 Å². The van der Waals surface area contributed by atoms with Gasteiger partial charge in [-0.1, -0.05) is 18.2 Å². The number of aromatic nitrogens is 2. The summed E-state index contributed by atoms with van der Waals surface area (Å²) in [5, 5.41) is 4.31. The van der Waals surface area contributed by atoms with E-state index in [2.05, 4.69) is 10.1 Å². The van der Waals surface area contributed by atoms with Crippen LogP contribution in [0.3, 0.4) is 0 Å². The first-order valence-electron chi connectivity index (χ1n) is 8.00. The lowest BCUT2D eigenvalue weighted by Crippen LogP contribution is -2.05. The van der Waals surface area contributed by atoms with Crippen LogP contribution in [0.25, 0.3) is 11.8 Å². The number of aliphatic imine (C=N–C) groups is 1. The van der Waals surface area contributed by atoms with E-state index in [1.165, 1.54) is 0 Å². The minimum Gasteiger partial charge on any atom is -0.497 e. The number of esters is 1. The zero-order valence-electron chi connectivity index (χ0n) is 14.0. The molecule has 26 heavy (non-hydrogen) atoms. The highest BCUT2D eigenvalue weighted by molar-refractivity contribution is 6.12. The van der Waals surface area contributed by atoms with E-state index in [9.17, 15) is 4.79 Å². The van der Waals surface area contributed by atoms with Crippen molar-refractivity contribution < 1.29 is 14.3 Å². The second-order valence-corrected chi connectivity index (χ2v) is 5.62. The lowest BCUT2D eigenvalue weighted by Gasteiger charge is -2.01. The maximum absolute atomic E-state index is 12.1. The third-order valence-corrected chi connectivity index (χ3v) is 3.88. The monoisotopic (exact) mass is 345 g/mol. The van der Waals surface area contributed by atoms with E-state index < -0.39 is 5.97 Å². The van der Waals surface area contributed by atoms with Gasteiger partial charge in [0.15, 0.2) is 5.70 Å². The molecule has 2 heterocycles. The van der Waals surface area contributed by atoms with Crippen molar-refractivity contribution in [1.29, 1.82) is 0 Å². The third kappa shape index (κ3) is 3.12. The van der Waals surface area contributed by atoms with Crippen LogP contribution in [0.15, 0.2) is 77.7 Å². The zero-order chi connectivity index (χ0) is 17.9. The highest BCUT2D eigenvalue weighted by Crippen LogP contribution is 2.21. The number of carbonyl (C=O) groups is 1. The van der Waals surface area contributed by atoms with Crippen LogP contribution in [0.1, 0.15) is 11.1 Å². The maximum atomic E-state index is 12.1.